The lowest BCUT2D eigenvalue weighted by molar-refractivity contribution is -0.113. The van der Waals surface area contributed by atoms with Gasteiger partial charge in [0.2, 0.25) is 0 Å². The quantitative estimate of drug-likeness (QED) is 0.736. The fourth-order valence-electron chi connectivity index (χ4n) is 6.81. The van der Waals surface area contributed by atoms with E-state index in [1.54, 1.807) is 0 Å². The molecule has 0 bridgehead atoms. The summed E-state index contributed by atoms with van der Waals surface area (Å²) in [6.07, 6.45) is 9.61. The second-order valence-electron chi connectivity index (χ2n) is 10.3. The van der Waals surface area contributed by atoms with Gasteiger partial charge in [0.15, 0.2) is 0 Å². The molecule has 5 fully saturated rings. The molecule has 0 aromatic rings. The molecule has 5 heteroatoms. The maximum absolute atomic E-state index is 14.6. The second-order valence-corrected chi connectivity index (χ2v) is 10.3. The summed E-state index contributed by atoms with van der Waals surface area (Å²) in [5.74, 6) is 1.47. The highest BCUT2D eigenvalue weighted by atomic mass is 19.1. The third kappa shape index (κ3) is 3.73. The van der Waals surface area contributed by atoms with Crippen molar-refractivity contribution in [3.8, 4) is 6.07 Å². The van der Waals surface area contributed by atoms with E-state index in [4.69, 9.17) is 4.74 Å². The summed E-state index contributed by atoms with van der Waals surface area (Å²) < 4.78 is 20.8. The Labute approximate surface area is 169 Å². The van der Waals surface area contributed by atoms with Crippen molar-refractivity contribution in [1.29, 1.82) is 5.26 Å². The number of nitriles is 1. The van der Waals surface area contributed by atoms with Crippen molar-refractivity contribution in [2.75, 3.05) is 32.8 Å². The predicted octanol–water partition coefficient (Wildman–Crippen LogP) is 3.62. The Morgan fingerprint density at radius 1 is 1.00 bits per heavy atom. The molecule has 0 aromatic heterocycles. The smallest absolute Gasteiger partial charge is 0.116 e. The number of likely N-dealkylation sites (tertiary alicyclic amines) is 1. The molecule has 0 amide bonds. The molecule has 3 saturated heterocycles. The van der Waals surface area contributed by atoms with Crippen molar-refractivity contribution >= 4 is 0 Å². The van der Waals surface area contributed by atoms with E-state index in [2.05, 4.69) is 15.9 Å². The Morgan fingerprint density at radius 2 is 1.89 bits per heavy atom. The van der Waals surface area contributed by atoms with Gasteiger partial charge in [-0.1, -0.05) is 0 Å². The minimum Gasteiger partial charge on any atom is -0.375 e. The normalized spacial score (nSPS) is 47.4. The zero-order valence-electron chi connectivity index (χ0n) is 17.1. The van der Waals surface area contributed by atoms with Gasteiger partial charge in [-0.05, 0) is 88.6 Å². The minimum absolute atomic E-state index is 0.363. The molecule has 4 nitrogen and oxygen atoms in total. The number of nitrogens with zero attached hydrogens (tertiary/aromatic N) is 3. The van der Waals surface area contributed by atoms with Gasteiger partial charge < -0.3 is 9.64 Å². The van der Waals surface area contributed by atoms with Crippen molar-refractivity contribution in [3.63, 3.8) is 0 Å². The number of morpholine rings is 1. The van der Waals surface area contributed by atoms with Crippen molar-refractivity contribution in [2.45, 2.75) is 82.1 Å². The van der Waals surface area contributed by atoms with Gasteiger partial charge in [0.25, 0.3) is 0 Å². The van der Waals surface area contributed by atoms with E-state index in [1.807, 2.05) is 0 Å². The van der Waals surface area contributed by atoms with Crippen LogP contribution in [-0.4, -0.2) is 66.9 Å². The van der Waals surface area contributed by atoms with Crippen molar-refractivity contribution in [2.24, 2.45) is 23.7 Å². The number of hydrogen-bond donors (Lipinski definition) is 0. The van der Waals surface area contributed by atoms with Gasteiger partial charge in [-0.3, -0.25) is 4.90 Å². The fraction of sp³-hybridized carbons (Fsp3) is 0.957. The molecule has 2 aliphatic carbocycles. The van der Waals surface area contributed by atoms with E-state index in [9.17, 15) is 9.65 Å². The fourth-order valence-corrected chi connectivity index (χ4v) is 6.81. The van der Waals surface area contributed by atoms with Gasteiger partial charge >= 0.3 is 0 Å². The molecule has 3 aliphatic heterocycles. The molecule has 8 atom stereocenters. The van der Waals surface area contributed by atoms with Gasteiger partial charge in [-0.15, -0.1) is 0 Å². The molecule has 8 unspecified atom stereocenters. The zero-order valence-corrected chi connectivity index (χ0v) is 17.1. The molecule has 3 heterocycles. The molecule has 5 rings (SSSR count). The summed E-state index contributed by atoms with van der Waals surface area (Å²) in [6, 6.07) is 3.56. The summed E-state index contributed by atoms with van der Waals surface area (Å²) in [5, 5.41) is 9.20. The van der Waals surface area contributed by atoms with Crippen LogP contribution in [0.4, 0.5) is 4.39 Å². The SMILES string of the molecule is N#CC1CCC(C2CC(CC3CN4CCC4CO3)CCC2N2CCC2)CC1F. The monoisotopic (exact) mass is 389 g/mol. The number of alkyl halides is 1. The molecule has 2 saturated carbocycles. The third-order valence-electron chi connectivity index (χ3n) is 8.74. The molecule has 5 aliphatic rings. The van der Waals surface area contributed by atoms with Crippen LogP contribution in [-0.2, 0) is 4.74 Å². The van der Waals surface area contributed by atoms with Crippen LogP contribution in [0.2, 0.25) is 0 Å². The first kappa shape index (κ1) is 19.3. The van der Waals surface area contributed by atoms with Crippen LogP contribution in [0.3, 0.4) is 0 Å². The lowest BCUT2D eigenvalue weighted by Crippen LogP contribution is -2.58. The predicted molar refractivity (Wildman–Crippen MR) is 106 cm³/mol. The second kappa shape index (κ2) is 8.20. The number of rotatable bonds is 4. The number of ether oxygens (including phenoxy) is 1. The Bertz CT molecular complexity index is 591. The number of hydrogen-bond acceptors (Lipinski definition) is 4. The molecule has 156 valence electrons. The van der Waals surface area contributed by atoms with Gasteiger partial charge in [-0.2, -0.15) is 5.26 Å². The minimum atomic E-state index is -0.911. The van der Waals surface area contributed by atoms with Crippen LogP contribution in [0, 0.1) is 35.0 Å². The summed E-state index contributed by atoms with van der Waals surface area (Å²) in [7, 11) is 0. The van der Waals surface area contributed by atoms with Crippen molar-refractivity contribution in [3.05, 3.63) is 0 Å². The van der Waals surface area contributed by atoms with Crippen LogP contribution in [0.5, 0.6) is 0 Å². The summed E-state index contributed by atoms with van der Waals surface area (Å²) in [4.78, 5) is 5.28. The van der Waals surface area contributed by atoms with Gasteiger partial charge in [0.05, 0.1) is 24.7 Å². The largest absolute Gasteiger partial charge is 0.375 e. The van der Waals surface area contributed by atoms with Crippen LogP contribution in [0.25, 0.3) is 0 Å². The topological polar surface area (TPSA) is 39.5 Å². The lowest BCUT2D eigenvalue weighted by atomic mass is 9.65. The average Bonchev–Trinajstić information content (AvgIpc) is 2.64. The van der Waals surface area contributed by atoms with Gasteiger partial charge in [0.1, 0.15) is 6.17 Å². The lowest BCUT2D eigenvalue weighted by Gasteiger charge is -2.51. The Hall–Kier alpha value is -0.700. The Kier molecular flexibility index (Phi) is 5.65. The third-order valence-corrected chi connectivity index (χ3v) is 8.74. The van der Waals surface area contributed by atoms with E-state index in [0.717, 1.165) is 31.9 Å². The van der Waals surface area contributed by atoms with Crippen LogP contribution >= 0.6 is 0 Å². The molecular formula is C23H36FN3O. The van der Waals surface area contributed by atoms with E-state index in [0.29, 0.717) is 36.4 Å². The first-order valence-corrected chi connectivity index (χ1v) is 11.8. The van der Waals surface area contributed by atoms with Crippen LogP contribution in [0.1, 0.15) is 57.8 Å². The molecule has 0 N–H and O–H groups in total. The summed E-state index contributed by atoms with van der Waals surface area (Å²) in [6.45, 7) is 5.79. The Morgan fingerprint density at radius 3 is 2.54 bits per heavy atom. The molecule has 28 heavy (non-hydrogen) atoms. The van der Waals surface area contributed by atoms with Gasteiger partial charge in [0, 0.05) is 25.2 Å². The standard InChI is InChI=1S/C23H36FN3O/c24-22-12-17(3-4-18(22)13-25)21-11-16(2-5-23(21)26-7-1-8-26)10-20-14-27-9-6-19(27)15-28-20/h16-23H,1-12,14-15H2. The molecule has 0 radical (unpaired) electrons. The Balaban J connectivity index is 1.22. The maximum atomic E-state index is 14.6. The van der Waals surface area contributed by atoms with E-state index < -0.39 is 6.17 Å². The average molecular weight is 390 g/mol. The molecule has 0 spiro atoms. The van der Waals surface area contributed by atoms with Crippen LogP contribution < -0.4 is 0 Å². The summed E-state index contributed by atoms with van der Waals surface area (Å²) >= 11 is 0. The highest BCUT2D eigenvalue weighted by Gasteiger charge is 2.44. The number of halogens is 1. The number of fused-ring (bicyclic) bond motifs is 1. The van der Waals surface area contributed by atoms with Crippen molar-refractivity contribution in [1.82, 2.24) is 9.80 Å². The highest BCUT2D eigenvalue weighted by molar-refractivity contribution is 4.99. The van der Waals surface area contributed by atoms with Crippen molar-refractivity contribution < 1.29 is 9.13 Å². The van der Waals surface area contributed by atoms with E-state index in [-0.39, 0.29) is 5.92 Å². The summed E-state index contributed by atoms with van der Waals surface area (Å²) in [5.41, 5.74) is 0. The maximum Gasteiger partial charge on any atom is 0.116 e. The van der Waals surface area contributed by atoms with E-state index >= 15 is 0 Å². The highest BCUT2D eigenvalue weighted by Crippen LogP contribution is 2.46. The zero-order chi connectivity index (χ0) is 19.1. The molecule has 0 aromatic carbocycles. The first-order chi connectivity index (χ1) is 13.7. The first-order valence-electron chi connectivity index (χ1n) is 11.8. The molecular weight excluding hydrogens is 353 g/mol. The van der Waals surface area contributed by atoms with E-state index in [1.165, 1.54) is 58.2 Å². The van der Waals surface area contributed by atoms with Gasteiger partial charge in [-0.25, -0.2) is 4.39 Å². The van der Waals surface area contributed by atoms with Crippen LogP contribution in [0.15, 0.2) is 0 Å².